The monoisotopic (exact) mass is 311 g/mol. The first-order valence-corrected chi connectivity index (χ1v) is 5.31. The van der Waals surface area contributed by atoms with Gasteiger partial charge >= 0.3 is 0 Å². The summed E-state index contributed by atoms with van der Waals surface area (Å²) in [4.78, 5) is 10.7. The van der Waals surface area contributed by atoms with Gasteiger partial charge < -0.3 is 15.9 Å². The molecular formula is C9H8BrClFNO3. The van der Waals surface area contributed by atoms with Gasteiger partial charge in [0, 0.05) is 15.1 Å². The van der Waals surface area contributed by atoms with Crippen LogP contribution in [-0.4, -0.2) is 22.2 Å². The Morgan fingerprint density at radius 2 is 2.06 bits per heavy atom. The van der Waals surface area contributed by atoms with Gasteiger partial charge in [0.25, 0.3) is 0 Å². The molecule has 0 aliphatic heterocycles. The third-order valence-electron chi connectivity index (χ3n) is 1.93. The summed E-state index contributed by atoms with van der Waals surface area (Å²) >= 11 is 8.53. The van der Waals surface area contributed by atoms with Crippen molar-refractivity contribution in [2.75, 3.05) is 0 Å². The Morgan fingerprint density at radius 3 is 2.50 bits per heavy atom. The van der Waals surface area contributed by atoms with E-state index < -0.39 is 23.9 Å². The standard InChI is InChI=1S/C9H8BrClFNO3/c10-4-1-3(11)2-5(12)6(4)7(14)8(15)9(13)16/h1-2,7-8,14-15H,(H2,13,16). The second-order valence-corrected chi connectivity index (χ2v) is 4.37. The summed E-state index contributed by atoms with van der Waals surface area (Å²) in [6, 6.07) is 2.29. The van der Waals surface area contributed by atoms with Crippen molar-refractivity contribution < 1.29 is 19.4 Å². The number of hydrogen-bond donors (Lipinski definition) is 3. The molecule has 4 N–H and O–H groups in total. The molecule has 0 bridgehead atoms. The van der Waals surface area contributed by atoms with Crippen LogP contribution in [0.15, 0.2) is 16.6 Å². The SMILES string of the molecule is NC(=O)C(O)C(O)c1c(F)cc(Cl)cc1Br. The van der Waals surface area contributed by atoms with E-state index in [1.54, 1.807) is 0 Å². The molecule has 0 spiro atoms. The number of amides is 1. The summed E-state index contributed by atoms with van der Waals surface area (Å²) in [6.07, 6.45) is -3.63. The quantitative estimate of drug-likeness (QED) is 0.782. The highest BCUT2D eigenvalue weighted by Crippen LogP contribution is 2.31. The van der Waals surface area contributed by atoms with E-state index in [-0.39, 0.29) is 15.1 Å². The van der Waals surface area contributed by atoms with Gasteiger partial charge in [0.15, 0.2) is 6.10 Å². The fraction of sp³-hybridized carbons (Fsp3) is 0.222. The van der Waals surface area contributed by atoms with Gasteiger partial charge in [-0.05, 0) is 12.1 Å². The first kappa shape index (κ1) is 13.4. The molecule has 0 aliphatic carbocycles. The maximum Gasteiger partial charge on any atom is 0.249 e. The number of benzene rings is 1. The molecular weight excluding hydrogens is 304 g/mol. The Hall–Kier alpha value is -0.690. The molecule has 2 unspecified atom stereocenters. The molecule has 0 heterocycles. The van der Waals surface area contributed by atoms with Crippen LogP contribution in [0.3, 0.4) is 0 Å². The second-order valence-electron chi connectivity index (χ2n) is 3.08. The summed E-state index contributed by atoms with van der Waals surface area (Å²) in [7, 11) is 0. The molecule has 0 aromatic heterocycles. The third-order valence-corrected chi connectivity index (χ3v) is 2.80. The van der Waals surface area contributed by atoms with Crippen LogP contribution in [0.1, 0.15) is 11.7 Å². The fourth-order valence-electron chi connectivity index (χ4n) is 1.15. The number of carbonyl (C=O) groups is 1. The van der Waals surface area contributed by atoms with E-state index >= 15 is 0 Å². The molecule has 1 aromatic rings. The van der Waals surface area contributed by atoms with E-state index in [2.05, 4.69) is 15.9 Å². The molecule has 0 aliphatic rings. The summed E-state index contributed by atoms with van der Waals surface area (Å²) in [5.74, 6) is -1.99. The van der Waals surface area contributed by atoms with E-state index in [0.29, 0.717) is 0 Å². The highest BCUT2D eigenvalue weighted by molar-refractivity contribution is 9.10. The van der Waals surface area contributed by atoms with E-state index in [0.717, 1.165) is 6.07 Å². The van der Waals surface area contributed by atoms with Gasteiger partial charge in [-0.25, -0.2) is 4.39 Å². The van der Waals surface area contributed by atoms with Crippen molar-refractivity contribution in [1.82, 2.24) is 0 Å². The Morgan fingerprint density at radius 1 is 1.50 bits per heavy atom. The zero-order valence-corrected chi connectivity index (χ0v) is 10.2. The molecule has 0 fully saturated rings. The number of aliphatic hydroxyl groups excluding tert-OH is 2. The van der Waals surface area contributed by atoms with Crippen LogP contribution in [0, 0.1) is 5.82 Å². The number of nitrogens with two attached hydrogens (primary N) is 1. The first-order valence-electron chi connectivity index (χ1n) is 4.14. The molecule has 7 heteroatoms. The predicted molar refractivity (Wildman–Crippen MR) is 59.3 cm³/mol. The van der Waals surface area contributed by atoms with Crippen LogP contribution < -0.4 is 5.73 Å². The molecule has 0 saturated heterocycles. The molecule has 88 valence electrons. The lowest BCUT2D eigenvalue weighted by atomic mass is 10.0. The number of rotatable bonds is 3. The van der Waals surface area contributed by atoms with Crippen LogP contribution in [0.2, 0.25) is 5.02 Å². The van der Waals surface area contributed by atoms with Gasteiger partial charge in [-0.1, -0.05) is 27.5 Å². The van der Waals surface area contributed by atoms with Crippen LogP contribution in [0.5, 0.6) is 0 Å². The van der Waals surface area contributed by atoms with Crippen LogP contribution in [0.25, 0.3) is 0 Å². The zero-order chi connectivity index (χ0) is 12.5. The highest BCUT2D eigenvalue weighted by Gasteiger charge is 2.28. The third kappa shape index (κ3) is 2.70. The summed E-state index contributed by atoms with van der Waals surface area (Å²) < 4.78 is 13.6. The predicted octanol–water partition coefficient (Wildman–Crippen LogP) is 1.12. The number of aliphatic hydroxyl groups is 2. The maximum absolute atomic E-state index is 13.4. The van der Waals surface area contributed by atoms with Gasteiger partial charge in [0.1, 0.15) is 11.9 Å². The summed E-state index contributed by atoms with van der Waals surface area (Å²) in [5, 5.41) is 18.9. The molecule has 1 amide bonds. The minimum Gasteiger partial charge on any atom is -0.385 e. The van der Waals surface area contributed by atoms with Crippen LogP contribution in [-0.2, 0) is 4.79 Å². The largest absolute Gasteiger partial charge is 0.385 e. The van der Waals surface area contributed by atoms with Gasteiger partial charge in [-0.3, -0.25) is 4.79 Å². The average Bonchev–Trinajstić information content (AvgIpc) is 2.14. The molecule has 0 saturated carbocycles. The minimum atomic E-state index is -1.88. The first-order chi connectivity index (χ1) is 7.34. The van der Waals surface area contributed by atoms with Gasteiger partial charge in [0.05, 0.1) is 0 Å². The number of carbonyl (C=O) groups excluding carboxylic acids is 1. The Bertz CT molecular complexity index is 406. The fourth-order valence-corrected chi connectivity index (χ4v) is 2.16. The number of primary amides is 1. The Balaban J connectivity index is 3.18. The van der Waals surface area contributed by atoms with E-state index in [1.807, 2.05) is 0 Å². The normalized spacial score (nSPS) is 14.6. The minimum absolute atomic E-state index is 0.119. The second kappa shape index (κ2) is 5.09. The molecule has 4 nitrogen and oxygen atoms in total. The van der Waals surface area contributed by atoms with E-state index in [1.165, 1.54) is 6.07 Å². The lowest BCUT2D eigenvalue weighted by Gasteiger charge is -2.17. The highest BCUT2D eigenvalue weighted by atomic mass is 79.9. The van der Waals surface area contributed by atoms with Gasteiger partial charge in [-0.2, -0.15) is 0 Å². The van der Waals surface area contributed by atoms with Gasteiger partial charge in [-0.15, -0.1) is 0 Å². The zero-order valence-electron chi connectivity index (χ0n) is 7.82. The molecule has 1 rings (SSSR count). The lowest BCUT2D eigenvalue weighted by Crippen LogP contribution is -2.34. The van der Waals surface area contributed by atoms with Crippen molar-refractivity contribution in [3.8, 4) is 0 Å². The molecule has 1 aromatic carbocycles. The van der Waals surface area contributed by atoms with Crippen molar-refractivity contribution in [1.29, 1.82) is 0 Å². The lowest BCUT2D eigenvalue weighted by molar-refractivity contribution is -0.132. The molecule has 0 radical (unpaired) electrons. The van der Waals surface area contributed by atoms with E-state index in [4.69, 9.17) is 17.3 Å². The topological polar surface area (TPSA) is 83.6 Å². The molecule has 2 atom stereocenters. The van der Waals surface area contributed by atoms with Crippen molar-refractivity contribution >= 4 is 33.4 Å². The Kier molecular flexibility index (Phi) is 4.26. The van der Waals surface area contributed by atoms with E-state index in [9.17, 15) is 19.4 Å². The van der Waals surface area contributed by atoms with Crippen molar-refractivity contribution in [3.63, 3.8) is 0 Å². The van der Waals surface area contributed by atoms with Crippen LogP contribution in [0.4, 0.5) is 4.39 Å². The number of hydrogen-bond acceptors (Lipinski definition) is 3. The maximum atomic E-state index is 13.4. The van der Waals surface area contributed by atoms with Crippen LogP contribution >= 0.6 is 27.5 Å². The summed E-state index contributed by atoms with van der Waals surface area (Å²) in [6.45, 7) is 0. The number of halogens is 3. The van der Waals surface area contributed by atoms with Crippen molar-refractivity contribution in [2.24, 2.45) is 5.73 Å². The Labute approximate surface area is 104 Å². The molecule has 16 heavy (non-hydrogen) atoms. The van der Waals surface area contributed by atoms with Gasteiger partial charge in [0.2, 0.25) is 5.91 Å². The van der Waals surface area contributed by atoms with Crippen molar-refractivity contribution in [2.45, 2.75) is 12.2 Å². The summed E-state index contributed by atoms with van der Waals surface area (Å²) in [5.41, 5.74) is 4.52. The smallest absolute Gasteiger partial charge is 0.249 e. The van der Waals surface area contributed by atoms with Crippen molar-refractivity contribution in [3.05, 3.63) is 33.0 Å². The average molecular weight is 313 g/mol.